The summed E-state index contributed by atoms with van der Waals surface area (Å²) in [5.41, 5.74) is 0. The number of nitrogens with one attached hydrogen (secondary N) is 2. The number of likely N-dealkylation sites (tertiary alicyclic amines) is 1. The second-order valence-corrected chi connectivity index (χ2v) is 7.21. The molecule has 2 heterocycles. The Morgan fingerprint density at radius 2 is 1.92 bits per heavy atom. The van der Waals surface area contributed by atoms with Crippen LogP contribution in [0, 0.1) is 11.8 Å². The first-order chi connectivity index (χ1) is 12.0. The highest BCUT2D eigenvalue weighted by atomic mass is 16.3. The van der Waals surface area contributed by atoms with Gasteiger partial charge in [0.15, 0.2) is 11.8 Å². The summed E-state index contributed by atoms with van der Waals surface area (Å²) in [6.45, 7) is 0.204. The van der Waals surface area contributed by atoms with E-state index in [1.807, 2.05) is 26.2 Å². The number of quaternary nitrogens is 1. The van der Waals surface area contributed by atoms with Crippen molar-refractivity contribution in [2.24, 2.45) is 11.8 Å². The number of carbonyl (C=O) groups excluding carboxylic acids is 3. The van der Waals surface area contributed by atoms with Crippen LogP contribution in [0.1, 0.15) is 37.5 Å². The first-order valence-electron chi connectivity index (χ1n) is 8.94. The molecule has 0 unspecified atom stereocenters. The fourth-order valence-electron chi connectivity index (χ4n) is 3.88. The molecule has 2 aliphatic rings. The highest BCUT2D eigenvalue weighted by molar-refractivity contribution is 6.07. The van der Waals surface area contributed by atoms with Crippen LogP contribution in [-0.4, -0.2) is 49.8 Å². The molecule has 7 heteroatoms. The molecular formula is C18H26N3O4+. The average Bonchev–Trinajstić information content (AvgIpc) is 3.19. The molecule has 3 atom stereocenters. The van der Waals surface area contributed by atoms with Crippen LogP contribution in [0.4, 0.5) is 0 Å². The molecule has 2 N–H and O–H groups in total. The van der Waals surface area contributed by atoms with Gasteiger partial charge in [-0.3, -0.25) is 19.3 Å². The van der Waals surface area contributed by atoms with Crippen LogP contribution in [0.2, 0.25) is 0 Å². The van der Waals surface area contributed by atoms with E-state index in [9.17, 15) is 14.4 Å². The number of rotatable bonds is 6. The summed E-state index contributed by atoms with van der Waals surface area (Å²) in [7, 11) is 3.97. The number of amides is 3. The van der Waals surface area contributed by atoms with Crippen LogP contribution in [0.5, 0.6) is 0 Å². The fraction of sp³-hybridized carbons (Fsp3) is 0.611. The number of likely N-dealkylation sites (N-methyl/N-ethyl adjacent to an activating group) is 1. The SMILES string of the molecule is C[NH+](C)[C@@H](CNC(=O)CN1C(=O)[C@H]2CCCC[C@H]2C1=O)c1ccco1. The van der Waals surface area contributed by atoms with Crippen molar-refractivity contribution in [1.29, 1.82) is 0 Å². The van der Waals surface area contributed by atoms with Crippen molar-refractivity contribution in [1.82, 2.24) is 10.2 Å². The molecule has 0 bridgehead atoms. The normalized spacial score (nSPS) is 24.5. The van der Waals surface area contributed by atoms with Crippen LogP contribution in [0.25, 0.3) is 0 Å². The maximum Gasteiger partial charge on any atom is 0.240 e. The van der Waals surface area contributed by atoms with Crippen LogP contribution in [0.15, 0.2) is 22.8 Å². The van der Waals surface area contributed by atoms with Crippen molar-refractivity contribution in [3.8, 4) is 0 Å². The Balaban J connectivity index is 1.57. The third-order valence-electron chi connectivity index (χ3n) is 5.32. The maximum atomic E-state index is 12.4. The molecule has 3 rings (SSSR count). The van der Waals surface area contributed by atoms with Crippen molar-refractivity contribution in [3.05, 3.63) is 24.2 Å². The number of hydrogen-bond donors (Lipinski definition) is 2. The van der Waals surface area contributed by atoms with Crippen LogP contribution in [0.3, 0.4) is 0 Å². The van der Waals surface area contributed by atoms with E-state index in [1.165, 1.54) is 0 Å². The number of nitrogens with zero attached hydrogens (tertiary/aromatic N) is 1. The standard InChI is InChI=1S/C18H25N3O4/c1-20(2)14(15-8-5-9-25-15)10-19-16(22)11-21-17(23)12-6-3-4-7-13(12)18(21)24/h5,8-9,12-14H,3-4,6-7,10-11H2,1-2H3,(H,19,22)/p+1/t12-,13+,14-/m0/s1. The van der Waals surface area contributed by atoms with E-state index in [1.54, 1.807) is 6.26 Å². The van der Waals surface area contributed by atoms with E-state index in [-0.39, 0.29) is 42.1 Å². The van der Waals surface area contributed by atoms with Crippen molar-refractivity contribution < 1.29 is 23.7 Å². The monoisotopic (exact) mass is 348 g/mol. The van der Waals surface area contributed by atoms with E-state index in [2.05, 4.69) is 5.32 Å². The van der Waals surface area contributed by atoms with Gasteiger partial charge >= 0.3 is 0 Å². The minimum absolute atomic E-state index is 0.0217. The summed E-state index contributed by atoms with van der Waals surface area (Å²) in [5, 5.41) is 2.84. The molecule has 1 saturated heterocycles. The topological polar surface area (TPSA) is 84.1 Å². The quantitative estimate of drug-likeness (QED) is 0.695. The maximum absolute atomic E-state index is 12.4. The lowest BCUT2D eigenvalue weighted by Crippen LogP contribution is -3.07. The summed E-state index contributed by atoms with van der Waals surface area (Å²) in [6, 6.07) is 3.67. The van der Waals surface area contributed by atoms with Gasteiger partial charge in [0.25, 0.3) is 0 Å². The van der Waals surface area contributed by atoms with Gasteiger partial charge in [0.2, 0.25) is 17.7 Å². The lowest BCUT2D eigenvalue weighted by atomic mass is 9.81. The summed E-state index contributed by atoms with van der Waals surface area (Å²) in [4.78, 5) is 39.4. The summed E-state index contributed by atoms with van der Waals surface area (Å²) >= 11 is 0. The van der Waals surface area contributed by atoms with E-state index in [4.69, 9.17) is 4.42 Å². The Morgan fingerprint density at radius 3 is 2.44 bits per heavy atom. The first kappa shape index (κ1) is 17.7. The van der Waals surface area contributed by atoms with E-state index in [0.29, 0.717) is 6.54 Å². The van der Waals surface area contributed by atoms with E-state index >= 15 is 0 Å². The highest BCUT2D eigenvalue weighted by Gasteiger charge is 2.48. The summed E-state index contributed by atoms with van der Waals surface area (Å²) in [6.07, 6.45) is 5.10. The van der Waals surface area contributed by atoms with Crippen LogP contribution >= 0.6 is 0 Å². The molecule has 3 amide bonds. The largest absolute Gasteiger partial charge is 0.463 e. The fourth-order valence-corrected chi connectivity index (χ4v) is 3.88. The molecule has 1 aliphatic heterocycles. The second-order valence-electron chi connectivity index (χ2n) is 7.21. The molecule has 0 spiro atoms. The number of hydrogen-bond acceptors (Lipinski definition) is 4. The molecule has 7 nitrogen and oxygen atoms in total. The first-order valence-corrected chi connectivity index (χ1v) is 8.94. The van der Waals surface area contributed by atoms with Crippen molar-refractivity contribution >= 4 is 17.7 Å². The van der Waals surface area contributed by atoms with E-state index in [0.717, 1.165) is 41.2 Å². The summed E-state index contributed by atoms with van der Waals surface area (Å²) < 4.78 is 5.43. The molecule has 0 radical (unpaired) electrons. The van der Waals surface area contributed by atoms with Gasteiger partial charge in [-0.2, -0.15) is 0 Å². The Kier molecular flexibility index (Phi) is 5.22. The highest BCUT2D eigenvalue weighted by Crippen LogP contribution is 2.37. The van der Waals surface area contributed by atoms with Crippen molar-refractivity contribution in [2.75, 3.05) is 27.2 Å². The second kappa shape index (κ2) is 7.39. The smallest absolute Gasteiger partial charge is 0.240 e. The van der Waals surface area contributed by atoms with Gasteiger partial charge in [0.1, 0.15) is 6.54 Å². The van der Waals surface area contributed by atoms with Gasteiger partial charge < -0.3 is 14.6 Å². The van der Waals surface area contributed by atoms with Gasteiger partial charge in [-0.25, -0.2) is 0 Å². The lowest BCUT2D eigenvalue weighted by Gasteiger charge is -2.20. The van der Waals surface area contributed by atoms with Crippen LogP contribution < -0.4 is 10.2 Å². The zero-order valence-electron chi connectivity index (χ0n) is 14.8. The van der Waals surface area contributed by atoms with Crippen molar-refractivity contribution in [3.63, 3.8) is 0 Å². The molecule has 136 valence electrons. The Bertz CT molecular complexity index is 617. The zero-order valence-corrected chi connectivity index (χ0v) is 14.8. The van der Waals surface area contributed by atoms with Crippen molar-refractivity contribution in [2.45, 2.75) is 31.7 Å². The predicted molar refractivity (Wildman–Crippen MR) is 89.4 cm³/mol. The third-order valence-corrected chi connectivity index (χ3v) is 5.32. The molecule has 0 aromatic carbocycles. The minimum atomic E-state index is -0.307. The molecule has 1 aromatic rings. The van der Waals surface area contributed by atoms with Crippen LogP contribution in [-0.2, 0) is 14.4 Å². The number of fused-ring (bicyclic) bond motifs is 1. The van der Waals surface area contributed by atoms with Gasteiger partial charge in [-0.15, -0.1) is 0 Å². The molecule has 25 heavy (non-hydrogen) atoms. The number of furan rings is 1. The average molecular weight is 348 g/mol. The van der Waals surface area contributed by atoms with E-state index < -0.39 is 0 Å². The number of imide groups is 1. The molecule has 2 fully saturated rings. The third kappa shape index (κ3) is 3.61. The predicted octanol–water partition coefficient (Wildman–Crippen LogP) is -0.243. The Hall–Kier alpha value is -2.15. The molecule has 1 aromatic heterocycles. The number of carbonyl (C=O) groups is 3. The molecule has 1 aliphatic carbocycles. The van der Waals surface area contributed by atoms with Gasteiger partial charge in [0, 0.05) is 0 Å². The summed E-state index contributed by atoms with van der Waals surface area (Å²) in [5.74, 6) is -0.290. The minimum Gasteiger partial charge on any atom is -0.463 e. The molecule has 1 saturated carbocycles. The van der Waals surface area contributed by atoms with Gasteiger partial charge in [0.05, 0.1) is 38.7 Å². The zero-order chi connectivity index (χ0) is 18.0. The molecular weight excluding hydrogens is 322 g/mol. The lowest BCUT2D eigenvalue weighted by molar-refractivity contribution is -0.891. The van der Waals surface area contributed by atoms with Gasteiger partial charge in [-0.1, -0.05) is 12.8 Å². The Morgan fingerprint density at radius 1 is 1.28 bits per heavy atom. The Labute approximate surface area is 147 Å². The van der Waals surface area contributed by atoms with Gasteiger partial charge in [-0.05, 0) is 25.0 Å².